The second kappa shape index (κ2) is 5.45. The van der Waals surface area contributed by atoms with E-state index >= 15 is 0 Å². The summed E-state index contributed by atoms with van der Waals surface area (Å²) < 4.78 is 5.16. The monoisotopic (exact) mass is 264 g/mol. The molecule has 0 aromatic heterocycles. The van der Waals surface area contributed by atoms with E-state index in [0.29, 0.717) is 17.6 Å². The van der Waals surface area contributed by atoms with Gasteiger partial charge in [-0.3, -0.25) is 4.79 Å². The quantitative estimate of drug-likeness (QED) is 0.522. The predicted octanol–water partition coefficient (Wildman–Crippen LogP) is 1.80. The molecular formula is C16H13BO3. The lowest BCUT2D eigenvalue weighted by atomic mass is 9.75. The van der Waals surface area contributed by atoms with E-state index in [-0.39, 0.29) is 5.78 Å². The summed E-state index contributed by atoms with van der Waals surface area (Å²) >= 11 is 0. The van der Waals surface area contributed by atoms with Crippen LogP contribution in [0.25, 0.3) is 6.08 Å². The first-order valence-corrected chi connectivity index (χ1v) is 6.44. The average Bonchev–Trinajstić information content (AvgIpc) is 2.87. The Balaban J connectivity index is 1.89. The van der Waals surface area contributed by atoms with Crippen LogP contribution in [0.2, 0.25) is 0 Å². The molecule has 3 nitrogen and oxygen atoms in total. The van der Waals surface area contributed by atoms with E-state index in [9.17, 15) is 9.82 Å². The van der Waals surface area contributed by atoms with E-state index in [2.05, 4.69) is 0 Å². The van der Waals surface area contributed by atoms with Crippen molar-refractivity contribution in [3.05, 3.63) is 71.3 Å². The van der Waals surface area contributed by atoms with E-state index in [0.717, 1.165) is 11.1 Å². The average molecular weight is 264 g/mol. The molecule has 0 unspecified atom stereocenters. The minimum absolute atomic E-state index is 0.129. The Morgan fingerprint density at radius 2 is 1.95 bits per heavy atom. The summed E-state index contributed by atoms with van der Waals surface area (Å²) in [6.45, 7) is 0.347. The number of allylic oxidation sites excluding steroid dienone is 1. The fourth-order valence-electron chi connectivity index (χ4n) is 2.32. The van der Waals surface area contributed by atoms with Crippen molar-refractivity contribution in [3.8, 4) is 0 Å². The fourth-order valence-corrected chi connectivity index (χ4v) is 2.32. The minimum Gasteiger partial charge on any atom is -0.423 e. The van der Waals surface area contributed by atoms with Gasteiger partial charge in [0.1, 0.15) is 0 Å². The van der Waals surface area contributed by atoms with Crippen LogP contribution in [-0.2, 0) is 11.3 Å². The summed E-state index contributed by atoms with van der Waals surface area (Å²) in [6, 6.07) is 15.0. The zero-order valence-corrected chi connectivity index (χ0v) is 10.8. The van der Waals surface area contributed by atoms with Gasteiger partial charge in [-0.2, -0.15) is 0 Å². The minimum atomic E-state index is -1.00. The number of benzene rings is 2. The van der Waals surface area contributed by atoms with Gasteiger partial charge in [0.2, 0.25) is 0 Å². The maximum absolute atomic E-state index is 12.3. The Kier molecular flexibility index (Phi) is 3.50. The summed E-state index contributed by atoms with van der Waals surface area (Å²) in [4.78, 5) is 12.3. The zero-order chi connectivity index (χ0) is 13.9. The first-order valence-electron chi connectivity index (χ1n) is 6.44. The fraction of sp³-hybridized carbons (Fsp3) is 0.0625. The first-order chi connectivity index (χ1) is 9.75. The number of carbonyl (C=O) groups is 1. The van der Waals surface area contributed by atoms with Gasteiger partial charge in [-0.15, -0.1) is 0 Å². The van der Waals surface area contributed by atoms with Crippen LogP contribution in [0, 0.1) is 0 Å². The third-order valence-electron chi connectivity index (χ3n) is 3.33. The Hall–Kier alpha value is -2.17. The van der Waals surface area contributed by atoms with Crippen LogP contribution in [0.5, 0.6) is 0 Å². The number of hydrogen-bond donors (Lipinski definition) is 1. The Bertz CT molecular complexity index is 665. The zero-order valence-electron chi connectivity index (χ0n) is 10.8. The van der Waals surface area contributed by atoms with Gasteiger partial charge in [0.25, 0.3) is 0 Å². The highest BCUT2D eigenvalue weighted by Crippen LogP contribution is 2.14. The molecule has 3 rings (SSSR count). The summed E-state index contributed by atoms with van der Waals surface area (Å²) in [5, 5.41) is 9.80. The Morgan fingerprint density at radius 3 is 2.75 bits per heavy atom. The van der Waals surface area contributed by atoms with Crippen LogP contribution in [0.15, 0.2) is 54.6 Å². The van der Waals surface area contributed by atoms with Gasteiger partial charge >= 0.3 is 7.12 Å². The molecule has 0 atom stereocenters. The number of carbonyl (C=O) groups excluding carboxylic acids is 1. The third kappa shape index (κ3) is 2.43. The number of fused-ring (bicyclic) bond motifs is 1. The molecule has 0 saturated heterocycles. The van der Waals surface area contributed by atoms with Gasteiger partial charge in [0.15, 0.2) is 5.78 Å². The molecule has 4 heteroatoms. The summed E-state index contributed by atoms with van der Waals surface area (Å²) in [5.41, 5.74) is 2.93. The molecule has 0 amide bonds. The van der Waals surface area contributed by atoms with Crippen LogP contribution < -0.4 is 5.46 Å². The third-order valence-corrected chi connectivity index (χ3v) is 3.33. The number of rotatable bonds is 3. The lowest BCUT2D eigenvalue weighted by molar-refractivity contribution is 0.104. The van der Waals surface area contributed by atoms with Crippen molar-refractivity contribution in [1.82, 2.24) is 0 Å². The molecule has 0 bridgehead atoms. The van der Waals surface area contributed by atoms with Crippen molar-refractivity contribution in [3.63, 3.8) is 0 Å². The van der Waals surface area contributed by atoms with Gasteiger partial charge in [0, 0.05) is 5.56 Å². The van der Waals surface area contributed by atoms with Crippen LogP contribution >= 0.6 is 0 Å². The lowest BCUT2D eigenvalue weighted by Gasteiger charge is -2.04. The molecule has 98 valence electrons. The highest BCUT2D eigenvalue weighted by molar-refractivity contribution is 6.63. The molecule has 2 aromatic carbocycles. The molecule has 1 N–H and O–H groups in total. The Labute approximate surface area is 117 Å². The van der Waals surface area contributed by atoms with Crippen LogP contribution in [0.3, 0.4) is 0 Å². The number of ketones is 1. The van der Waals surface area contributed by atoms with E-state index in [1.54, 1.807) is 12.1 Å². The summed E-state index contributed by atoms with van der Waals surface area (Å²) in [7, 11) is -1.00. The van der Waals surface area contributed by atoms with Gasteiger partial charge in [-0.05, 0) is 22.7 Å². The summed E-state index contributed by atoms with van der Waals surface area (Å²) in [5.74, 6) is -0.129. The maximum atomic E-state index is 12.3. The molecule has 1 heterocycles. The largest absolute Gasteiger partial charge is 0.492 e. The standard InChI is InChI=1S/C16H13BO3/c18-15(10-9-12-5-2-1-3-6-12)14-8-4-7-13-11-20-17(19)16(13)14/h1-10,19H,11H2. The van der Waals surface area contributed by atoms with E-state index in [1.807, 2.05) is 42.5 Å². The van der Waals surface area contributed by atoms with E-state index < -0.39 is 7.12 Å². The molecule has 0 fully saturated rings. The summed E-state index contributed by atoms with van der Waals surface area (Å²) in [6.07, 6.45) is 3.29. The normalized spacial score (nSPS) is 13.8. The molecular weight excluding hydrogens is 251 g/mol. The van der Waals surface area contributed by atoms with Crippen LogP contribution in [0.1, 0.15) is 21.5 Å². The molecule has 1 aliphatic heterocycles. The first kappa shape index (κ1) is 12.8. The highest BCUT2D eigenvalue weighted by atomic mass is 16.5. The number of hydrogen-bond acceptors (Lipinski definition) is 3. The van der Waals surface area contributed by atoms with Crippen molar-refractivity contribution < 1.29 is 14.5 Å². The predicted molar refractivity (Wildman–Crippen MR) is 78.6 cm³/mol. The second-order valence-electron chi connectivity index (χ2n) is 4.65. The Morgan fingerprint density at radius 1 is 1.15 bits per heavy atom. The van der Waals surface area contributed by atoms with Crippen molar-refractivity contribution in [1.29, 1.82) is 0 Å². The second-order valence-corrected chi connectivity index (χ2v) is 4.65. The molecule has 20 heavy (non-hydrogen) atoms. The van der Waals surface area contributed by atoms with Crippen molar-refractivity contribution in [2.24, 2.45) is 0 Å². The maximum Gasteiger partial charge on any atom is 0.492 e. The van der Waals surface area contributed by atoms with Gasteiger partial charge < -0.3 is 9.68 Å². The lowest BCUT2D eigenvalue weighted by Crippen LogP contribution is -2.32. The van der Waals surface area contributed by atoms with Gasteiger partial charge in [-0.1, -0.05) is 54.6 Å². The highest BCUT2D eigenvalue weighted by Gasteiger charge is 2.31. The topological polar surface area (TPSA) is 46.5 Å². The van der Waals surface area contributed by atoms with Gasteiger partial charge in [-0.25, -0.2) is 0 Å². The molecule has 2 aromatic rings. The molecule has 0 spiro atoms. The molecule has 1 aliphatic rings. The van der Waals surface area contributed by atoms with Gasteiger partial charge in [0.05, 0.1) is 6.61 Å². The van der Waals surface area contributed by atoms with E-state index in [4.69, 9.17) is 4.65 Å². The van der Waals surface area contributed by atoms with Crippen molar-refractivity contribution in [2.75, 3.05) is 0 Å². The van der Waals surface area contributed by atoms with Crippen LogP contribution in [0.4, 0.5) is 0 Å². The van der Waals surface area contributed by atoms with E-state index in [1.165, 1.54) is 6.08 Å². The van der Waals surface area contributed by atoms with Crippen LogP contribution in [-0.4, -0.2) is 17.9 Å². The van der Waals surface area contributed by atoms with Crippen molar-refractivity contribution in [2.45, 2.75) is 6.61 Å². The smallest absolute Gasteiger partial charge is 0.423 e. The molecule has 0 saturated carbocycles. The van der Waals surface area contributed by atoms with Crippen molar-refractivity contribution >= 4 is 24.4 Å². The SMILES string of the molecule is O=C(C=Cc1ccccc1)c1cccc2c1B(O)OC2. The molecule has 0 aliphatic carbocycles. The molecule has 0 radical (unpaired) electrons.